The molecule has 1 aliphatic heterocycles. The maximum Gasteiger partial charge on any atom is 0.354 e. The van der Waals surface area contributed by atoms with Crippen molar-refractivity contribution >= 4 is 11.9 Å². The van der Waals surface area contributed by atoms with Gasteiger partial charge in [-0.1, -0.05) is 6.07 Å². The van der Waals surface area contributed by atoms with Gasteiger partial charge in [-0.15, -0.1) is 0 Å². The van der Waals surface area contributed by atoms with Gasteiger partial charge in [0, 0.05) is 6.20 Å². The predicted molar refractivity (Wildman–Crippen MR) is 91.6 cm³/mol. The highest BCUT2D eigenvalue weighted by atomic mass is 16.6. The number of carbonyl (C=O) groups is 2. The minimum absolute atomic E-state index is 0.0906. The van der Waals surface area contributed by atoms with Crippen molar-refractivity contribution in [3.8, 4) is 11.5 Å². The topological polar surface area (TPSA) is 97.8 Å². The van der Waals surface area contributed by atoms with E-state index < -0.39 is 5.97 Å². The van der Waals surface area contributed by atoms with E-state index in [-0.39, 0.29) is 17.6 Å². The van der Waals surface area contributed by atoms with Crippen molar-refractivity contribution in [1.82, 2.24) is 10.3 Å². The first-order valence-electron chi connectivity index (χ1n) is 8.51. The van der Waals surface area contributed by atoms with E-state index in [2.05, 4.69) is 10.3 Å². The summed E-state index contributed by atoms with van der Waals surface area (Å²) in [6, 6.07) is 8.41. The average Bonchev–Trinajstić information content (AvgIpc) is 3.50. The summed E-state index contributed by atoms with van der Waals surface area (Å²) in [4.78, 5) is 27.3. The fourth-order valence-electron chi connectivity index (χ4n) is 3.04. The molecule has 134 valence electrons. The number of benzene rings is 1. The van der Waals surface area contributed by atoms with Crippen molar-refractivity contribution in [2.24, 2.45) is 5.92 Å². The number of aromatic carboxylic acids is 1. The number of pyridine rings is 1. The molecular weight excluding hydrogens is 336 g/mol. The molecule has 1 aliphatic carbocycles. The lowest BCUT2D eigenvalue weighted by Crippen LogP contribution is -2.30. The van der Waals surface area contributed by atoms with Crippen LogP contribution in [-0.4, -0.2) is 35.2 Å². The summed E-state index contributed by atoms with van der Waals surface area (Å²) < 4.78 is 11.2. The van der Waals surface area contributed by atoms with E-state index in [1.54, 1.807) is 0 Å². The van der Waals surface area contributed by atoms with Crippen molar-refractivity contribution < 1.29 is 24.2 Å². The van der Waals surface area contributed by atoms with Gasteiger partial charge >= 0.3 is 5.97 Å². The van der Waals surface area contributed by atoms with Crippen molar-refractivity contribution in [1.29, 1.82) is 0 Å². The number of carboxylic acid groups (broad SMARTS) is 1. The summed E-state index contributed by atoms with van der Waals surface area (Å²) >= 11 is 0. The minimum atomic E-state index is -1.12. The zero-order chi connectivity index (χ0) is 18.1. The van der Waals surface area contributed by atoms with Crippen LogP contribution in [0, 0.1) is 5.92 Å². The summed E-state index contributed by atoms with van der Waals surface area (Å²) in [5, 5.41) is 11.9. The molecule has 0 saturated heterocycles. The molecule has 1 fully saturated rings. The third-order valence-electron chi connectivity index (χ3n) is 4.55. The van der Waals surface area contributed by atoms with Crippen LogP contribution in [0.3, 0.4) is 0 Å². The lowest BCUT2D eigenvalue weighted by Gasteiger charge is -2.23. The molecule has 1 aromatic heterocycles. The monoisotopic (exact) mass is 354 g/mol. The van der Waals surface area contributed by atoms with Crippen molar-refractivity contribution in [2.45, 2.75) is 18.9 Å². The number of carboxylic acids is 1. The molecule has 4 rings (SSSR count). The zero-order valence-corrected chi connectivity index (χ0v) is 14.0. The van der Waals surface area contributed by atoms with Crippen LogP contribution < -0.4 is 14.8 Å². The van der Waals surface area contributed by atoms with Gasteiger partial charge in [-0.2, -0.15) is 0 Å². The minimum Gasteiger partial charge on any atom is -0.486 e. The lowest BCUT2D eigenvalue weighted by molar-refractivity contribution is 0.0689. The van der Waals surface area contributed by atoms with Crippen molar-refractivity contribution in [3.63, 3.8) is 0 Å². The van der Waals surface area contributed by atoms with Gasteiger partial charge in [0.2, 0.25) is 0 Å². The van der Waals surface area contributed by atoms with Crippen LogP contribution in [-0.2, 0) is 0 Å². The number of nitrogens with one attached hydrogen (secondary N) is 1. The second-order valence-corrected chi connectivity index (χ2v) is 6.43. The number of fused-ring (bicyclic) bond motifs is 1. The van der Waals surface area contributed by atoms with Gasteiger partial charge in [0.25, 0.3) is 5.91 Å². The summed E-state index contributed by atoms with van der Waals surface area (Å²) in [6.45, 7) is 1.05. The van der Waals surface area contributed by atoms with E-state index in [9.17, 15) is 9.59 Å². The number of aromatic nitrogens is 1. The molecule has 7 heteroatoms. The van der Waals surface area contributed by atoms with E-state index >= 15 is 0 Å². The molecule has 7 nitrogen and oxygen atoms in total. The Bertz CT molecular complexity index is 846. The van der Waals surface area contributed by atoms with Crippen LogP contribution in [0.5, 0.6) is 11.5 Å². The highest BCUT2D eigenvalue weighted by molar-refractivity contribution is 5.95. The largest absolute Gasteiger partial charge is 0.486 e. The number of hydrogen-bond acceptors (Lipinski definition) is 5. The fourth-order valence-corrected chi connectivity index (χ4v) is 3.04. The number of rotatable bonds is 5. The van der Waals surface area contributed by atoms with Gasteiger partial charge in [-0.05, 0) is 48.6 Å². The third-order valence-corrected chi connectivity index (χ3v) is 4.55. The maximum absolute atomic E-state index is 12.6. The summed E-state index contributed by atoms with van der Waals surface area (Å²) in [5.74, 6) is 0.397. The molecule has 0 bridgehead atoms. The summed E-state index contributed by atoms with van der Waals surface area (Å²) in [7, 11) is 0. The van der Waals surface area contributed by atoms with E-state index in [1.165, 1.54) is 18.3 Å². The SMILES string of the molecule is O=C(NC(c1ccc2c(c1)OCCO2)C1CC1)c1ccc(C(=O)O)nc1. The van der Waals surface area contributed by atoms with Gasteiger partial charge in [-0.3, -0.25) is 4.79 Å². The Morgan fingerprint density at radius 3 is 2.54 bits per heavy atom. The van der Waals surface area contributed by atoms with Crippen LogP contribution in [0.15, 0.2) is 36.5 Å². The average molecular weight is 354 g/mol. The first-order valence-corrected chi connectivity index (χ1v) is 8.51. The quantitative estimate of drug-likeness (QED) is 0.856. The Kier molecular flexibility index (Phi) is 4.20. The molecular formula is C19H18N2O5. The molecule has 1 saturated carbocycles. The molecule has 2 aromatic rings. The Morgan fingerprint density at radius 1 is 1.12 bits per heavy atom. The smallest absolute Gasteiger partial charge is 0.354 e. The second-order valence-electron chi connectivity index (χ2n) is 6.43. The number of nitrogens with zero attached hydrogens (tertiary/aromatic N) is 1. The van der Waals surface area contributed by atoms with Crippen molar-refractivity contribution in [3.05, 3.63) is 53.3 Å². The normalized spacial score (nSPS) is 16.6. The van der Waals surface area contributed by atoms with Gasteiger partial charge in [0.05, 0.1) is 11.6 Å². The van der Waals surface area contributed by atoms with Gasteiger partial charge in [0.15, 0.2) is 11.5 Å². The summed E-state index contributed by atoms with van der Waals surface area (Å²) in [5.41, 5.74) is 1.21. The van der Waals surface area contributed by atoms with E-state index in [0.717, 1.165) is 18.4 Å². The number of amides is 1. The van der Waals surface area contributed by atoms with Gasteiger partial charge in [-0.25, -0.2) is 9.78 Å². The molecule has 2 heterocycles. The summed E-state index contributed by atoms with van der Waals surface area (Å²) in [6.07, 6.45) is 3.39. The molecule has 0 spiro atoms. The van der Waals surface area contributed by atoms with Crippen LogP contribution in [0.1, 0.15) is 45.3 Å². The predicted octanol–water partition coefficient (Wildman–Crippen LogP) is 2.43. The Balaban J connectivity index is 1.54. The third kappa shape index (κ3) is 3.33. The standard InChI is InChI=1S/C19H18N2O5/c22-18(13-3-5-14(19(23)24)20-10-13)21-17(11-1-2-11)12-4-6-15-16(9-12)26-8-7-25-15/h3-6,9-11,17H,1-2,7-8H2,(H,21,22)(H,23,24). The molecule has 1 amide bonds. The highest BCUT2D eigenvalue weighted by Gasteiger charge is 2.34. The maximum atomic E-state index is 12.6. The fraction of sp³-hybridized carbons (Fsp3) is 0.316. The van der Waals surface area contributed by atoms with Crippen LogP contribution >= 0.6 is 0 Å². The van der Waals surface area contributed by atoms with Crippen LogP contribution in [0.2, 0.25) is 0 Å². The first-order chi connectivity index (χ1) is 12.6. The van der Waals surface area contributed by atoms with Crippen LogP contribution in [0.25, 0.3) is 0 Å². The first kappa shape index (κ1) is 16.4. The van der Waals surface area contributed by atoms with Crippen LogP contribution in [0.4, 0.5) is 0 Å². The zero-order valence-electron chi connectivity index (χ0n) is 14.0. The molecule has 26 heavy (non-hydrogen) atoms. The molecule has 1 aromatic carbocycles. The number of hydrogen-bond donors (Lipinski definition) is 2. The lowest BCUT2D eigenvalue weighted by atomic mass is 10.0. The van der Waals surface area contributed by atoms with Gasteiger partial charge in [0.1, 0.15) is 18.9 Å². The molecule has 2 aliphatic rings. The Hall–Kier alpha value is -3.09. The van der Waals surface area contributed by atoms with E-state index in [4.69, 9.17) is 14.6 Å². The molecule has 1 unspecified atom stereocenters. The van der Waals surface area contributed by atoms with Crippen molar-refractivity contribution in [2.75, 3.05) is 13.2 Å². The van der Waals surface area contributed by atoms with E-state index in [0.29, 0.717) is 36.2 Å². The number of carbonyl (C=O) groups excluding carboxylic acids is 1. The number of ether oxygens (including phenoxy) is 2. The molecule has 1 atom stereocenters. The molecule has 0 radical (unpaired) electrons. The second kappa shape index (κ2) is 6.67. The van der Waals surface area contributed by atoms with E-state index in [1.807, 2.05) is 18.2 Å². The highest BCUT2D eigenvalue weighted by Crippen LogP contribution is 2.43. The molecule has 2 N–H and O–H groups in total. The Labute approximate surface area is 150 Å². The van der Waals surface area contributed by atoms with Gasteiger partial charge < -0.3 is 19.9 Å². The Morgan fingerprint density at radius 2 is 1.88 bits per heavy atom.